The third-order valence-corrected chi connectivity index (χ3v) is 16.3. The molecule has 17 rings (SSSR count). The van der Waals surface area contributed by atoms with Crippen molar-refractivity contribution in [3.05, 3.63) is 248 Å². The number of hydrogen-bond donors (Lipinski definition) is 0. The molecule has 0 radical (unpaired) electrons. The fourth-order valence-corrected chi connectivity index (χ4v) is 13.1. The molecule has 5 heterocycles. The van der Waals surface area contributed by atoms with Crippen LogP contribution in [0.3, 0.4) is 0 Å². The van der Waals surface area contributed by atoms with Gasteiger partial charge < -0.3 is 9.13 Å². The Morgan fingerprint density at radius 1 is 0.342 bits per heavy atom. The van der Waals surface area contributed by atoms with Gasteiger partial charge in [0.2, 0.25) is 11.9 Å². The summed E-state index contributed by atoms with van der Waals surface area (Å²) < 4.78 is 7.35. The van der Waals surface area contributed by atoms with Gasteiger partial charge in [0.25, 0.3) is 0 Å². The maximum Gasteiger partial charge on any atom is 0.240 e. The summed E-state index contributed by atoms with van der Waals surface area (Å²) in [6.45, 7) is 0. The van der Waals surface area contributed by atoms with Gasteiger partial charge in [-0.3, -0.25) is 9.47 Å². The first kappa shape index (κ1) is 41.4. The van der Waals surface area contributed by atoms with Gasteiger partial charge in [-0.25, -0.2) is 0 Å². The topological polar surface area (TPSA) is 56.7 Å². The molecule has 1 aliphatic carbocycles. The Balaban J connectivity index is 1.05. The quantitative estimate of drug-likeness (QED) is 0.172. The molecule has 7 heteroatoms. The molecule has 11 aromatic carbocycles. The molecule has 7 nitrogen and oxygen atoms in total. The van der Waals surface area contributed by atoms with Crippen molar-refractivity contribution in [2.45, 2.75) is 12.5 Å². The molecule has 1 unspecified atom stereocenters. The van der Waals surface area contributed by atoms with Gasteiger partial charge >= 0.3 is 0 Å². The second kappa shape index (κ2) is 15.7. The molecule has 76 heavy (non-hydrogen) atoms. The Kier molecular flexibility index (Phi) is 8.55. The Morgan fingerprint density at radius 3 is 1.36 bits per heavy atom. The summed E-state index contributed by atoms with van der Waals surface area (Å²) >= 11 is 0. The molecule has 0 saturated carbocycles. The SMILES string of the molecule is C1=CCC2C(=C1)c1ccc3c4ccc5ccccc5c4n(-c4ccccc4)c3c1N2c1nc(-c2ccccc2)nc(-n2c3c4ccccc4ccc3c3ccc4c5ccc6ccccc6c5n(-c5ccccc5)c4c32)n1. The molecule has 1 atom stereocenters. The third-order valence-electron chi connectivity index (χ3n) is 16.3. The Hall–Kier alpha value is -10.1. The van der Waals surface area contributed by atoms with Crippen LogP contribution in [-0.2, 0) is 0 Å². The van der Waals surface area contributed by atoms with Crippen molar-refractivity contribution in [2.24, 2.45) is 0 Å². The van der Waals surface area contributed by atoms with Crippen LogP contribution in [0.2, 0.25) is 0 Å². The van der Waals surface area contributed by atoms with E-state index in [1.54, 1.807) is 0 Å². The van der Waals surface area contributed by atoms with Crippen LogP contribution in [0.15, 0.2) is 243 Å². The molecule has 0 N–H and O–H groups in total. The van der Waals surface area contributed by atoms with Crippen molar-refractivity contribution >= 4 is 115 Å². The van der Waals surface area contributed by atoms with E-state index >= 15 is 0 Å². The number of nitrogens with zero attached hydrogens (tertiary/aromatic N) is 7. The van der Waals surface area contributed by atoms with E-state index in [0.717, 1.165) is 78.0 Å². The predicted octanol–water partition coefficient (Wildman–Crippen LogP) is 17.2. The van der Waals surface area contributed by atoms with Crippen molar-refractivity contribution in [1.29, 1.82) is 0 Å². The summed E-state index contributed by atoms with van der Waals surface area (Å²) in [6, 6.07) is 81.2. The first-order valence-corrected chi connectivity index (χ1v) is 26.1. The summed E-state index contributed by atoms with van der Waals surface area (Å²) in [5.74, 6) is 1.74. The van der Waals surface area contributed by atoms with Crippen LogP contribution in [0, 0.1) is 0 Å². The molecule has 0 spiro atoms. The fourth-order valence-electron chi connectivity index (χ4n) is 13.1. The van der Waals surface area contributed by atoms with Gasteiger partial charge in [-0.15, -0.1) is 0 Å². The smallest absolute Gasteiger partial charge is 0.240 e. The van der Waals surface area contributed by atoms with Crippen LogP contribution in [-0.4, -0.2) is 34.7 Å². The summed E-state index contributed by atoms with van der Waals surface area (Å²) in [4.78, 5) is 19.7. The Labute approximate surface area is 435 Å². The highest BCUT2D eigenvalue weighted by Gasteiger charge is 2.40. The van der Waals surface area contributed by atoms with E-state index in [1.807, 2.05) is 0 Å². The number of benzene rings is 11. The number of hydrogen-bond acceptors (Lipinski definition) is 4. The number of rotatable bonds is 5. The summed E-state index contributed by atoms with van der Waals surface area (Å²) in [5.41, 5.74) is 13.2. The molecule has 1 aliphatic heterocycles. The molecule has 0 fully saturated rings. The fraction of sp³-hybridized carbons (Fsp3) is 0.0290. The van der Waals surface area contributed by atoms with E-state index < -0.39 is 0 Å². The lowest BCUT2D eigenvalue weighted by Gasteiger charge is -2.28. The first-order valence-electron chi connectivity index (χ1n) is 26.1. The highest BCUT2D eigenvalue weighted by molar-refractivity contribution is 6.29. The van der Waals surface area contributed by atoms with Crippen LogP contribution in [0.25, 0.3) is 132 Å². The minimum Gasteiger partial charge on any atom is -0.307 e. The molecular formula is C69H43N7. The van der Waals surface area contributed by atoms with E-state index in [-0.39, 0.29) is 6.04 Å². The average Bonchev–Trinajstić information content (AvgIpc) is 4.43. The zero-order valence-corrected chi connectivity index (χ0v) is 41.0. The van der Waals surface area contributed by atoms with Crippen molar-refractivity contribution < 1.29 is 0 Å². The molecule has 0 saturated heterocycles. The second-order valence-corrected chi connectivity index (χ2v) is 20.2. The number of allylic oxidation sites excluding steroid dienone is 2. The van der Waals surface area contributed by atoms with E-state index in [1.165, 1.54) is 59.9 Å². The lowest BCUT2D eigenvalue weighted by Crippen LogP contribution is -2.30. The molecule has 4 aromatic heterocycles. The highest BCUT2D eigenvalue weighted by atomic mass is 15.3. The van der Waals surface area contributed by atoms with Crippen LogP contribution >= 0.6 is 0 Å². The maximum absolute atomic E-state index is 5.90. The number of para-hydroxylation sites is 2. The van der Waals surface area contributed by atoms with Crippen LogP contribution < -0.4 is 4.90 Å². The molecular weight excluding hydrogens is 927 g/mol. The largest absolute Gasteiger partial charge is 0.307 e. The normalized spacial score (nSPS) is 14.4. The summed E-state index contributed by atoms with van der Waals surface area (Å²) in [6.07, 6.45) is 7.57. The minimum absolute atomic E-state index is 0.0805. The standard InChI is InChI=1S/C69H43N7/c1-4-21-45(22-5-1)67-70-68(75-59-31-17-16-30-51(59)52-38-39-56-53-35-32-42-18-10-13-27-48(42)60(53)73(63(56)65(52)75)46-23-6-2-7-24-46)72-69(71-67)76-62-50-29-15-12-20-44(50)34-37-55(62)58-41-40-57-54-36-33-43-19-11-14-28-49(43)61(54)74(64(57)66(58)76)47-25-8-3-9-26-47/h1-30,32-41,59H,31H2. The van der Waals surface area contributed by atoms with Gasteiger partial charge in [-0.1, -0.05) is 218 Å². The molecule has 354 valence electrons. The number of anilines is 2. The minimum atomic E-state index is -0.0805. The van der Waals surface area contributed by atoms with Gasteiger partial charge in [0.1, 0.15) is 0 Å². The van der Waals surface area contributed by atoms with Gasteiger partial charge in [0.05, 0.1) is 44.8 Å². The van der Waals surface area contributed by atoms with Gasteiger partial charge in [0.15, 0.2) is 5.82 Å². The van der Waals surface area contributed by atoms with Gasteiger partial charge in [0, 0.05) is 71.0 Å². The van der Waals surface area contributed by atoms with E-state index in [9.17, 15) is 0 Å². The zero-order valence-electron chi connectivity index (χ0n) is 41.0. The zero-order chi connectivity index (χ0) is 49.6. The molecule has 0 bridgehead atoms. The van der Waals surface area contributed by atoms with Crippen molar-refractivity contribution in [3.63, 3.8) is 0 Å². The first-order chi connectivity index (χ1) is 37.7. The van der Waals surface area contributed by atoms with Crippen molar-refractivity contribution in [3.8, 4) is 28.7 Å². The summed E-state index contributed by atoms with van der Waals surface area (Å²) in [5, 5.41) is 14.0. The number of fused-ring (bicyclic) bond motifs is 20. The monoisotopic (exact) mass is 969 g/mol. The molecule has 2 aliphatic rings. The third kappa shape index (κ3) is 5.68. The predicted molar refractivity (Wildman–Crippen MR) is 315 cm³/mol. The van der Waals surface area contributed by atoms with Crippen molar-refractivity contribution in [1.82, 2.24) is 28.7 Å². The van der Waals surface area contributed by atoms with Gasteiger partial charge in [-0.2, -0.15) is 15.0 Å². The lowest BCUT2D eigenvalue weighted by atomic mass is 9.95. The Bertz CT molecular complexity index is 5020. The second-order valence-electron chi connectivity index (χ2n) is 20.2. The van der Waals surface area contributed by atoms with E-state index in [0.29, 0.717) is 17.7 Å². The summed E-state index contributed by atoms with van der Waals surface area (Å²) in [7, 11) is 0. The van der Waals surface area contributed by atoms with Crippen LogP contribution in [0.1, 0.15) is 12.0 Å². The lowest BCUT2D eigenvalue weighted by molar-refractivity contribution is 0.791. The Morgan fingerprint density at radius 2 is 0.776 bits per heavy atom. The van der Waals surface area contributed by atoms with Gasteiger partial charge in [-0.05, 0) is 52.4 Å². The molecule has 15 aromatic rings. The van der Waals surface area contributed by atoms with E-state index in [2.05, 4.69) is 261 Å². The highest BCUT2D eigenvalue weighted by Crippen LogP contribution is 2.53. The van der Waals surface area contributed by atoms with E-state index in [4.69, 9.17) is 15.0 Å². The average molecular weight is 970 g/mol. The number of aromatic nitrogens is 6. The maximum atomic E-state index is 5.90. The van der Waals surface area contributed by atoms with Crippen LogP contribution in [0.5, 0.6) is 0 Å². The van der Waals surface area contributed by atoms with Crippen LogP contribution in [0.4, 0.5) is 11.6 Å². The van der Waals surface area contributed by atoms with Crippen molar-refractivity contribution in [2.75, 3.05) is 4.90 Å². The molecule has 0 amide bonds.